The summed E-state index contributed by atoms with van der Waals surface area (Å²) < 4.78 is 1.82. The molecule has 0 radical (unpaired) electrons. The zero-order valence-electron chi connectivity index (χ0n) is 20.0. The van der Waals surface area contributed by atoms with Gasteiger partial charge in [-0.15, -0.1) is 0 Å². The van der Waals surface area contributed by atoms with Crippen LogP contribution in [0.25, 0.3) is 28.2 Å². The minimum Gasteiger partial charge on any atom is -0.382 e. The molecule has 8 nitrogen and oxygen atoms in total. The number of fused-ring (bicyclic) bond motifs is 1. The van der Waals surface area contributed by atoms with Crippen molar-refractivity contribution in [2.75, 3.05) is 11.9 Å². The Kier molecular flexibility index (Phi) is 5.91. The first-order valence-electron chi connectivity index (χ1n) is 11.8. The third kappa shape index (κ3) is 4.71. The van der Waals surface area contributed by atoms with E-state index >= 15 is 0 Å². The van der Waals surface area contributed by atoms with Gasteiger partial charge in [-0.05, 0) is 55.5 Å². The molecule has 1 amide bonds. The van der Waals surface area contributed by atoms with Crippen molar-refractivity contribution in [3.8, 4) is 28.6 Å². The highest BCUT2D eigenvalue weighted by molar-refractivity contribution is 5.96. The van der Waals surface area contributed by atoms with Crippen LogP contribution in [0.15, 0.2) is 48.9 Å². The normalized spacial score (nSPS) is 13.1. The number of nitrogens with zero attached hydrogens (tertiary/aromatic N) is 5. The summed E-state index contributed by atoms with van der Waals surface area (Å²) in [4.78, 5) is 21.4. The molecule has 4 aromatic rings. The summed E-state index contributed by atoms with van der Waals surface area (Å²) in [6.45, 7) is 7.02. The molecule has 0 atom stereocenters. The second kappa shape index (κ2) is 9.18. The maximum Gasteiger partial charge on any atom is 0.251 e. The highest BCUT2D eigenvalue weighted by atomic mass is 16.1. The van der Waals surface area contributed by atoms with Gasteiger partial charge in [0.1, 0.15) is 6.07 Å². The molecule has 1 saturated carbocycles. The van der Waals surface area contributed by atoms with Crippen molar-refractivity contribution in [3.05, 3.63) is 65.6 Å². The van der Waals surface area contributed by atoms with Crippen LogP contribution in [-0.2, 0) is 0 Å². The fourth-order valence-electron chi connectivity index (χ4n) is 3.96. The summed E-state index contributed by atoms with van der Waals surface area (Å²) in [5, 5.41) is 20.7. The topological polar surface area (TPSA) is 108 Å². The number of aryl methyl sites for hydroxylation is 1. The molecule has 176 valence electrons. The van der Waals surface area contributed by atoms with E-state index in [1.54, 1.807) is 18.5 Å². The third-order valence-electron chi connectivity index (χ3n) is 6.01. The van der Waals surface area contributed by atoms with Crippen molar-refractivity contribution in [2.24, 2.45) is 5.92 Å². The maximum absolute atomic E-state index is 12.6. The van der Waals surface area contributed by atoms with Crippen LogP contribution < -0.4 is 10.6 Å². The van der Waals surface area contributed by atoms with Gasteiger partial charge in [0.25, 0.3) is 5.91 Å². The Bertz CT molecular complexity index is 1460. The lowest BCUT2D eigenvalue weighted by Gasteiger charge is -2.13. The number of imidazole rings is 1. The maximum atomic E-state index is 12.6. The van der Waals surface area contributed by atoms with E-state index in [0.717, 1.165) is 47.5 Å². The van der Waals surface area contributed by atoms with Gasteiger partial charge in [0.2, 0.25) is 0 Å². The molecule has 0 bridgehead atoms. The Morgan fingerprint density at radius 2 is 2.00 bits per heavy atom. The van der Waals surface area contributed by atoms with E-state index in [4.69, 9.17) is 5.10 Å². The number of nitriles is 1. The SMILES string of the molecule is Cc1cc(-c2cnc3c(NCC(C)C)cc(-c4cncc(C#N)c4)nn23)ccc1C(=O)NC1CC1. The number of hydrogen-bond acceptors (Lipinski definition) is 6. The van der Waals surface area contributed by atoms with Crippen LogP contribution in [0.3, 0.4) is 0 Å². The van der Waals surface area contributed by atoms with E-state index in [1.807, 2.05) is 35.7 Å². The number of amides is 1. The van der Waals surface area contributed by atoms with Gasteiger partial charge in [0.05, 0.1) is 28.8 Å². The number of hydrogen-bond donors (Lipinski definition) is 2. The Morgan fingerprint density at radius 1 is 1.17 bits per heavy atom. The van der Waals surface area contributed by atoms with Gasteiger partial charge < -0.3 is 10.6 Å². The van der Waals surface area contributed by atoms with Gasteiger partial charge in [0, 0.05) is 41.7 Å². The number of anilines is 1. The summed E-state index contributed by atoms with van der Waals surface area (Å²) in [5.74, 6) is 0.418. The molecular weight excluding hydrogens is 438 g/mol. The smallest absolute Gasteiger partial charge is 0.251 e. The van der Waals surface area contributed by atoms with Crippen LogP contribution in [-0.4, -0.2) is 38.1 Å². The van der Waals surface area contributed by atoms with Gasteiger partial charge in [0.15, 0.2) is 5.65 Å². The molecule has 8 heteroatoms. The van der Waals surface area contributed by atoms with E-state index < -0.39 is 0 Å². The molecule has 0 spiro atoms. The summed E-state index contributed by atoms with van der Waals surface area (Å²) in [6, 6.07) is 12.0. The number of aromatic nitrogens is 4. The zero-order valence-corrected chi connectivity index (χ0v) is 20.0. The van der Waals surface area contributed by atoms with E-state index in [1.165, 1.54) is 6.20 Å². The average molecular weight is 466 g/mol. The molecule has 35 heavy (non-hydrogen) atoms. The van der Waals surface area contributed by atoms with Crippen LogP contribution in [0.1, 0.15) is 48.2 Å². The number of carbonyl (C=O) groups is 1. The highest BCUT2D eigenvalue weighted by Gasteiger charge is 2.24. The number of benzene rings is 1. The first-order valence-corrected chi connectivity index (χ1v) is 11.8. The zero-order chi connectivity index (χ0) is 24.5. The van der Waals surface area contributed by atoms with Crippen LogP contribution >= 0.6 is 0 Å². The summed E-state index contributed by atoms with van der Waals surface area (Å²) in [6.07, 6.45) is 7.15. The molecule has 1 aliphatic rings. The van der Waals surface area contributed by atoms with Crippen molar-refractivity contribution >= 4 is 17.2 Å². The van der Waals surface area contributed by atoms with Gasteiger partial charge in [-0.3, -0.25) is 9.78 Å². The number of carbonyl (C=O) groups excluding carboxylic acids is 1. The Balaban J connectivity index is 1.59. The summed E-state index contributed by atoms with van der Waals surface area (Å²) in [5.41, 5.74) is 6.79. The van der Waals surface area contributed by atoms with Crippen molar-refractivity contribution in [2.45, 2.75) is 39.7 Å². The standard InChI is InChI=1S/C27H27N7O/c1-16(2)12-30-24-10-23(20-9-18(11-28)13-29-14-20)33-34-25(15-31-26(24)34)19-4-7-22(17(3)8-19)27(35)32-21-5-6-21/h4,7-10,13-16,21,30H,5-6,12H2,1-3H3,(H,32,35). The van der Waals surface area contributed by atoms with Crippen LogP contribution in [0.2, 0.25) is 0 Å². The largest absolute Gasteiger partial charge is 0.382 e. The van der Waals surface area contributed by atoms with Crippen molar-refractivity contribution in [3.63, 3.8) is 0 Å². The second-order valence-corrected chi connectivity index (χ2v) is 9.45. The summed E-state index contributed by atoms with van der Waals surface area (Å²) in [7, 11) is 0. The molecule has 0 aliphatic heterocycles. The molecule has 1 fully saturated rings. The molecule has 1 aromatic carbocycles. The lowest BCUT2D eigenvalue weighted by molar-refractivity contribution is 0.0950. The molecule has 1 aliphatic carbocycles. The monoisotopic (exact) mass is 465 g/mol. The van der Waals surface area contributed by atoms with Gasteiger partial charge >= 0.3 is 0 Å². The Morgan fingerprint density at radius 3 is 2.71 bits per heavy atom. The number of pyridine rings is 1. The van der Waals surface area contributed by atoms with E-state index in [-0.39, 0.29) is 5.91 Å². The second-order valence-electron chi connectivity index (χ2n) is 9.45. The first kappa shape index (κ1) is 22.5. The van der Waals surface area contributed by atoms with Crippen LogP contribution in [0.5, 0.6) is 0 Å². The number of rotatable bonds is 7. The number of nitrogens with one attached hydrogen (secondary N) is 2. The molecule has 3 heterocycles. The lowest BCUT2D eigenvalue weighted by Crippen LogP contribution is -2.26. The van der Waals surface area contributed by atoms with Crippen LogP contribution in [0, 0.1) is 24.2 Å². The molecule has 3 aromatic heterocycles. The Hall–Kier alpha value is -4.25. The lowest BCUT2D eigenvalue weighted by atomic mass is 10.0. The van der Waals surface area contributed by atoms with Gasteiger partial charge in [-0.1, -0.05) is 19.9 Å². The fourth-order valence-corrected chi connectivity index (χ4v) is 3.96. The minimum atomic E-state index is -0.0276. The molecular formula is C27H27N7O. The molecule has 0 saturated heterocycles. The van der Waals surface area contributed by atoms with E-state index in [0.29, 0.717) is 34.4 Å². The van der Waals surface area contributed by atoms with E-state index in [2.05, 4.69) is 40.5 Å². The predicted octanol–water partition coefficient (Wildman–Crippen LogP) is 4.60. The molecule has 2 N–H and O–H groups in total. The van der Waals surface area contributed by atoms with Crippen molar-refractivity contribution < 1.29 is 4.79 Å². The van der Waals surface area contributed by atoms with Gasteiger partial charge in [-0.25, -0.2) is 9.50 Å². The summed E-state index contributed by atoms with van der Waals surface area (Å²) >= 11 is 0. The Labute approximate surface area is 204 Å². The van der Waals surface area contributed by atoms with E-state index in [9.17, 15) is 10.1 Å². The first-order chi connectivity index (χ1) is 16.9. The van der Waals surface area contributed by atoms with Crippen LogP contribution in [0.4, 0.5) is 5.69 Å². The average Bonchev–Trinajstić information content (AvgIpc) is 3.56. The van der Waals surface area contributed by atoms with Gasteiger partial charge in [-0.2, -0.15) is 10.4 Å². The van der Waals surface area contributed by atoms with Crippen molar-refractivity contribution in [1.29, 1.82) is 5.26 Å². The minimum absolute atomic E-state index is 0.0276. The predicted molar refractivity (Wildman–Crippen MR) is 135 cm³/mol. The fraction of sp³-hybridized carbons (Fsp3) is 0.296. The molecule has 5 rings (SSSR count). The third-order valence-corrected chi connectivity index (χ3v) is 6.01. The van der Waals surface area contributed by atoms with Crippen molar-refractivity contribution in [1.82, 2.24) is 24.9 Å². The highest BCUT2D eigenvalue weighted by Crippen LogP contribution is 2.29. The molecule has 0 unspecified atom stereocenters. The quantitative estimate of drug-likeness (QED) is 0.413.